The number of nitrogens with zero attached hydrogens (tertiary/aromatic N) is 3. The number of hydrogen-bond donors (Lipinski definition) is 0. The number of rotatable bonds is 4. The molecule has 2 aromatic heterocycles. The number of hydrogen-bond acceptors (Lipinski definition) is 5. The van der Waals surface area contributed by atoms with E-state index < -0.39 is 23.3 Å². The fraction of sp³-hybridized carbons (Fsp3) is 0.250. The second-order valence-corrected chi connectivity index (χ2v) is 6.79. The quantitative estimate of drug-likeness (QED) is 0.429. The number of halogens is 3. The molecular formula is C24H20F3N3O2. The van der Waals surface area contributed by atoms with Gasteiger partial charge in [0.1, 0.15) is 6.33 Å². The molecule has 0 saturated heterocycles. The van der Waals surface area contributed by atoms with Crippen LogP contribution in [0.3, 0.4) is 0 Å². The van der Waals surface area contributed by atoms with Gasteiger partial charge in [0.05, 0.1) is 35.2 Å². The Labute approximate surface area is 183 Å². The van der Waals surface area contributed by atoms with Crippen molar-refractivity contribution in [2.24, 2.45) is 0 Å². The first-order valence-electron chi connectivity index (χ1n) is 9.89. The minimum atomic E-state index is -4.75. The minimum absolute atomic E-state index is 0.172. The molecule has 0 amide bonds. The van der Waals surface area contributed by atoms with Gasteiger partial charge < -0.3 is 4.74 Å². The van der Waals surface area contributed by atoms with Crippen LogP contribution in [0.25, 0.3) is 11.3 Å². The van der Waals surface area contributed by atoms with E-state index in [1.54, 1.807) is 6.20 Å². The molecule has 0 bridgehead atoms. The molecule has 0 aliphatic carbocycles. The summed E-state index contributed by atoms with van der Waals surface area (Å²) < 4.78 is 45.4. The van der Waals surface area contributed by atoms with Gasteiger partial charge in [-0.1, -0.05) is 31.8 Å². The van der Waals surface area contributed by atoms with Crippen molar-refractivity contribution >= 4 is 5.97 Å². The summed E-state index contributed by atoms with van der Waals surface area (Å²) in [4.78, 5) is 24.6. The topological polar surface area (TPSA) is 65.0 Å². The SMILES string of the molecule is CCc1ccc(C#Cc2c(CC)ncnc2-c2ccc(C(=O)OC)c(C(F)(F)F)c2)cn1. The van der Waals surface area contributed by atoms with Crippen LogP contribution in [0.1, 0.15) is 52.3 Å². The first-order valence-corrected chi connectivity index (χ1v) is 9.89. The molecular weight excluding hydrogens is 419 g/mol. The highest BCUT2D eigenvalue weighted by Crippen LogP contribution is 2.35. The van der Waals surface area contributed by atoms with E-state index in [1.165, 1.54) is 12.4 Å². The fourth-order valence-corrected chi connectivity index (χ4v) is 3.10. The van der Waals surface area contributed by atoms with Crippen LogP contribution in [0, 0.1) is 11.8 Å². The van der Waals surface area contributed by atoms with Crippen molar-refractivity contribution in [2.75, 3.05) is 7.11 Å². The van der Waals surface area contributed by atoms with Gasteiger partial charge in [0.15, 0.2) is 0 Å². The molecule has 164 valence electrons. The smallest absolute Gasteiger partial charge is 0.417 e. The van der Waals surface area contributed by atoms with Crippen LogP contribution in [-0.2, 0) is 23.8 Å². The molecule has 32 heavy (non-hydrogen) atoms. The third-order valence-corrected chi connectivity index (χ3v) is 4.78. The highest BCUT2D eigenvalue weighted by atomic mass is 19.4. The summed E-state index contributed by atoms with van der Waals surface area (Å²) in [7, 11) is 1.03. The molecule has 0 fully saturated rings. The molecule has 3 aromatic rings. The number of aryl methyl sites for hydroxylation is 2. The summed E-state index contributed by atoms with van der Waals surface area (Å²) in [5.41, 5.74) is 1.38. The number of ether oxygens (including phenoxy) is 1. The lowest BCUT2D eigenvalue weighted by Gasteiger charge is -2.14. The standard InChI is InChI=1S/C24H20F3N3O2/c1-4-17-9-6-15(13-28-17)7-10-19-21(5-2)29-14-30-22(19)16-8-11-18(23(31)32-3)20(12-16)24(25,26)27/h6,8-9,11-14H,4-5H2,1-3H3. The molecule has 0 radical (unpaired) electrons. The van der Waals surface area contributed by atoms with Gasteiger partial charge in [-0.2, -0.15) is 13.2 Å². The lowest BCUT2D eigenvalue weighted by Crippen LogP contribution is -2.14. The number of benzene rings is 1. The molecule has 0 saturated carbocycles. The Kier molecular flexibility index (Phi) is 6.89. The van der Waals surface area contributed by atoms with Crippen LogP contribution in [0.2, 0.25) is 0 Å². The molecule has 1 aromatic carbocycles. The molecule has 3 rings (SSSR count). The van der Waals surface area contributed by atoms with Gasteiger partial charge in [-0.25, -0.2) is 14.8 Å². The normalized spacial score (nSPS) is 10.9. The molecule has 8 heteroatoms. The summed E-state index contributed by atoms with van der Waals surface area (Å²) in [6, 6.07) is 7.07. The van der Waals surface area contributed by atoms with E-state index >= 15 is 0 Å². The summed E-state index contributed by atoms with van der Waals surface area (Å²) in [5.74, 6) is 4.93. The number of carbonyl (C=O) groups excluding carboxylic acids is 1. The van der Waals surface area contributed by atoms with Crippen LogP contribution in [-0.4, -0.2) is 28.0 Å². The first-order chi connectivity index (χ1) is 15.3. The monoisotopic (exact) mass is 439 g/mol. The first kappa shape index (κ1) is 22.9. The zero-order chi connectivity index (χ0) is 23.3. The van der Waals surface area contributed by atoms with Gasteiger partial charge in [-0.05, 0) is 37.1 Å². The molecule has 2 heterocycles. The Bertz CT molecular complexity index is 1190. The third-order valence-electron chi connectivity index (χ3n) is 4.78. The number of alkyl halides is 3. The zero-order valence-electron chi connectivity index (χ0n) is 17.7. The Morgan fingerprint density at radius 2 is 1.81 bits per heavy atom. The Balaban J connectivity index is 2.15. The zero-order valence-corrected chi connectivity index (χ0v) is 17.7. The van der Waals surface area contributed by atoms with E-state index in [4.69, 9.17) is 0 Å². The largest absolute Gasteiger partial charge is 0.465 e. The summed E-state index contributed by atoms with van der Waals surface area (Å²) >= 11 is 0. The second kappa shape index (κ2) is 9.60. The van der Waals surface area contributed by atoms with Gasteiger partial charge in [0.2, 0.25) is 0 Å². The van der Waals surface area contributed by atoms with Crippen molar-refractivity contribution < 1.29 is 22.7 Å². The average Bonchev–Trinajstić information content (AvgIpc) is 2.81. The van der Waals surface area contributed by atoms with Crippen LogP contribution in [0.5, 0.6) is 0 Å². The van der Waals surface area contributed by atoms with Gasteiger partial charge in [-0.15, -0.1) is 0 Å². The van der Waals surface area contributed by atoms with Gasteiger partial charge in [-0.3, -0.25) is 4.98 Å². The predicted octanol–water partition coefficient (Wildman–Crippen LogP) is 4.87. The number of aromatic nitrogens is 3. The molecule has 0 atom stereocenters. The number of esters is 1. The van der Waals surface area contributed by atoms with Gasteiger partial charge in [0.25, 0.3) is 0 Å². The summed E-state index contributed by atoms with van der Waals surface area (Å²) in [6.07, 6.45) is -0.503. The van der Waals surface area contributed by atoms with E-state index in [0.29, 0.717) is 23.2 Å². The van der Waals surface area contributed by atoms with Crippen LogP contribution in [0.15, 0.2) is 42.9 Å². The number of carbonyl (C=O) groups is 1. The van der Waals surface area contributed by atoms with Crippen LogP contribution < -0.4 is 0 Å². The maximum Gasteiger partial charge on any atom is 0.417 e. The second-order valence-electron chi connectivity index (χ2n) is 6.79. The molecule has 0 unspecified atom stereocenters. The van der Waals surface area contributed by atoms with Crippen molar-refractivity contribution in [1.82, 2.24) is 15.0 Å². The van der Waals surface area contributed by atoms with E-state index in [-0.39, 0.29) is 11.3 Å². The van der Waals surface area contributed by atoms with Crippen LogP contribution in [0.4, 0.5) is 13.2 Å². The maximum atomic E-state index is 13.6. The summed E-state index contributed by atoms with van der Waals surface area (Å²) in [5, 5.41) is 0. The molecule has 0 spiro atoms. The molecule has 0 aliphatic rings. The Morgan fingerprint density at radius 1 is 1.03 bits per heavy atom. The highest BCUT2D eigenvalue weighted by Gasteiger charge is 2.36. The van der Waals surface area contributed by atoms with Crippen LogP contribution >= 0.6 is 0 Å². The summed E-state index contributed by atoms with van der Waals surface area (Å²) in [6.45, 7) is 3.87. The molecule has 0 N–H and O–H groups in total. The van der Waals surface area contributed by atoms with Crippen molar-refractivity contribution in [3.63, 3.8) is 0 Å². The fourth-order valence-electron chi connectivity index (χ4n) is 3.10. The number of pyridine rings is 1. The van der Waals surface area contributed by atoms with Gasteiger partial charge >= 0.3 is 12.1 Å². The molecule has 5 nitrogen and oxygen atoms in total. The van der Waals surface area contributed by atoms with Gasteiger partial charge in [0, 0.05) is 23.0 Å². The Morgan fingerprint density at radius 3 is 2.41 bits per heavy atom. The third kappa shape index (κ3) is 4.94. The average molecular weight is 439 g/mol. The van der Waals surface area contributed by atoms with Crippen molar-refractivity contribution in [3.05, 3.63) is 76.5 Å². The number of methoxy groups -OCH3 is 1. The van der Waals surface area contributed by atoms with Crippen molar-refractivity contribution in [2.45, 2.75) is 32.9 Å². The predicted molar refractivity (Wildman–Crippen MR) is 113 cm³/mol. The minimum Gasteiger partial charge on any atom is -0.465 e. The molecule has 0 aliphatic heterocycles. The van der Waals surface area contributed by atoms with Crippen molar-refractivity contribution in [1.29, 1.82) is 0 Å². The van der Waals surface area contributed by atoms with E-state index in [2.05, 4.69) is 31.5 Å². The van der Waals surface area contributed by atoms with Crippen molar-refractivity contribution in [3.8, 4) is 23.1 Å². The lowest BCUT2D eigenvalue weighted by molar-refractivity contribution is -0.138. The Hall–Kier alpha value is -3.73. The highest BCUT2D eigenvalue weighted by molar-refractivity contribution is 5.92. The lowest BCUT2D eigenvalue weighted by atomic mass is 9.98. The van der Waals surface area contributed by atoms with E-state index in [1.807, 2.05) is 26.0 Å². The van der Waals surface area contributed by atoms with E-state index in [9.17, 15) is 18.0 Å². The maximum absolute atomic E-state index is 13.6. The van der Waals surface area contributed by atoms with E-state index in [0.717, 1.165) is 31.4 Å².